The van der Waals surface area contributed by atoms with Gasteiger partial charge in [0, 0.05) is 13.1 Å². The molecule has 2 nitrogen and oxygen atoms in total. The van der Waals surface area contributed by atoms with Crippen LogP contribution >= 0.6 is 0 Å². The van der Waals surface area contributed by atoms with Gasteiger partial charge in [0.25, 0.3) is 0 Å². The van der Waals surface area contributed by atoms with Crippen LogP contribution in [-0.2, 0) is 0 Å². The summed E-state index contributed by atoms with van der Waals surface area (Å²) in [7, 11) is 8.55. The van der Waals surface area contributed by atoms with Crippen LogP contribution in [0.15, 0.2) is 0 Å². The van der Waals surface area contributed by atoms with Crippen molar-refractivity contribution in [2.75, 3.05) is 41.3 Å². The monoisotopic (exact) mass is 158 g/mol. The molecule has 0 aromatic rings. The number of hydrogen-bond donors (Lipinski definition) is 0. The molecule has 0 saturated carbocycles. The first-order valence-corrected chi connectivity index (χ1v) is 4.35. The van der Waals surface area contributed by atoms with Crippen molar-refractivity contribution in [1.29, 1.82) is 0 Å². The van der Waals surface area contributed by atoms with E-state index >= 15 is 0 Å². The predicted octanol–water partition coefficient (Wildman–Crippen LogP) is 1.14. The second-order valence-corrected chi connectivity index (χ2v) is 3.80. The fourth-order valence-electron chi connectivity index (χ4n) is 1.35. The van der Waals surface area contributed by atoms with E-state index in [1.807, 2.05) is 0 Å². The Morgan fingerprint density at radius 3 is 1.45 bits per heavy atom. The van der Waals surface area contributed by atoms with Crippen LogP contribution in [0, 0.1) is 5.92 Å². The smallest absolute Gasteiger partial charge is 0.00157 e. The van der Waals surface area contributed by atoms with Crippen molar-refractivity contribution in [2.45, 2.75) is 13.3 Å². The van der Waals surface area contributed by atoms with Crippen LogP contribution in [0.2, 0.25) is 0 Å². The molecular weight excluding hydrogens is 136 g/mol. The molecule has 0 aliphatic rings. The van der Waals surface area contributed by atoms with Gasteiger partial charge in [-0.3, -0.25) is 0 Å². The highest BCUT2D eigenvalue weighted by Gasteiger charge is 2.07. The third-order valence-corrected chi connectivity index (χ3v) is 1.82. The molecule has 68 valence electrons. The van der Waals surface area contributed by atoms with Crippen LogP contribution in [0.3, 0.4) is 0 Å². The molecule has 0 bridgehead atoms. The molecule has 0 N–H and O–H groups in total. The number of rotatable bonds is 5. The van der Waals surface area contributed by atoms with Gasteiger partial charge in [-0.25, -0.2) is 0 Å². The van der Waals surface area contributed by atoms with Crippen LogP contribution in [-0.4, -0.2) is 51.1 Å². The molecule has 0 spiro atoms. The van der Waals surface area contributed by atoms with Gasteiger partial charge in [0.05, 0.1) is 0 Å². The van der Waals surface area contributed by atoms with E-state index in [0.717, 1.165) is 5.92 Å². The van der Waals surface area contributed by atoms with E-state index in [0.29, 0.717) is 0 Å². The standard InChI is InChI=1S/C9H22N2/c1-6-9(7-10(2)3)8-11(4)5/h9H,6-8H2,1-5H3. The highest BCUT2D eigenvalue weighted by Crippen LogP contribution is 2.04. The summed E-state index contributed by atoms with van der Waals surface area (Å²) in [6.45, 7) is 4.67. The molecule has 0 aromatic carbocycles. The van der Waals surface area contributed by atoms with Crippen molar-refractivity contribution >= 4 is 0 Å². The molecule has 2 heteroatoms. The lowest BCUT2D eigenvalue weighted by molar-refractivity contribution is 0.254. The summed E-state index contributed by atoms with van der Waals surface area (Å²) in [5.41, 5.74) is 0. The molecule has 0 aromatic heterocycles. The molecule has 0 rings (SSSR count). The molecule has 0 saturated heterocycles. The third kappa shape index (κ3) is 6.32. The zero-order valence-corrected chi connectivity index (χ0v) is 8.59. The average molecular weight is 158 g/mol. The minimum absolute atomic E-state index is 0.819. The average Bonchev–Trinajstić information content (AvgIpc) is 1.84. The predicted molar refractivity (Wildman–Crippen MR) is 50.9 cm³/mol. The van der Waals surface area contributed by atoms with Gasteiger partial charge in [0.2, 0.25) is 0 Å². The molecule has 0 amide bonds. The first kappa shape index (κ1) is 10.9. The SMILES string of the molecule is CCC(CN(C)C)CN(C)C. The molecule has 0 atom stereocenters. The van der Waals surface area contributed by atoms with E-state index < -0.39 is 0 Å². The van der Waals surface area contributed by atoms with Crippen LogP contribution in [0.5, 0.6) is 0 Å². The van der Waals surface area contributed by atoms with E-state index in [4.69, 9.17) is 0 Å². The quantitative estimate of drug-likeness (QED) is 0.592. The topological polar surface area (TPSA) is 6.48 Å². The zero-order valence-electron chi connectivity index (χ0n) is 8.59. The summed E-state index contributed by atoms with van der Waals surface area (Å²) in [6, 6.07) is 0. The Morgan fingerprint density at radius 1 is 0.909 bits per heavy atom. The van der Waals surface area contributed by atoms with Gasteiger partial charge >= 0.3 is 0 Å². The summed E-state index contributed by atoms with van der Waals surface area (Å²) in [5.74, 6) is 0.819. The third-order valence-electron chi connectivity index (χ3n) is 1.82. The zero-order chi connectivity index (χ0) is 8.85. The number of hydrogen-bond acceptors (Lipinski definition) is 2. The lowest BCUT2D eigenvalue weighted by Crippen LogP contribution is -2.29. The Labute approximate surface area is 71.2 Å². The Hall–Kier alpha value is -0.0800. The van der Waals surface area contributed by atoms with Crippen LogP contribution < -0.4 is 0 Å². The van der Waals surface area contributed by atoms with Crippen molar-refractivity contribution in [3.05, 3.63) is 0 Å². The Morgan fingerprint density at radius 2 is 1.27 bits per heavy atom. The van der Waals surface area contributed by atoms with Gasteiger partial charge in [0.1, 0.15) is 0 Å². The normalized spacial score (nSPS) is 12.0. The summed E-state index contributed by atoms with van der Waals surface area (Å²) >= 11 is 0. The maximum atomic E-state index is 2.26. The van der Waals surface area contributed by atoms with E-state index in [-0.39, 0.29) is 0 Å². The van der Waals surface area contributed by atoms with Gasteiger partial charge in [-0.05, 0) is 34.1 Å². The lowest BCUT2D eigenvalue weighted by Gasteiger charge is -2.22. The summed E-state index contributed by atoms with van der Waals surface area (Å²) in [4.78, 5) is 4.52. The highest BCUT2D eigenvalue weighted by atomic mass is 15.1. The van der Waals surface area contributed by atoms with Gasteiger partial charge in [-0.1, -0.05) is 13.3 Å². The first-order valence-electron chi connectivity index (χ1n) is 4.35. The van der Waals surface area contributed by atoms with Crippen molar-refractivity contribution in [2.24, 2.45) is 5.92 Å². The van der Waals surface area contributed by atoms with Gasteiger partial charge in [-0.2, -0.15) is 0 Å². The Kier molecular flexibility index (Phi) is 5.51. The maximum Gasteiger partial charge on any atom is 0.00157 e. The summed E-state index contributed by atoms with van der Waals surface area (Å²) < 4.78 is 0. The van der Waals surface area contributed by atoms with Crippen LogP contribution in [0.25, 0.3) is 0 Å². The largest absolute Gasteiger partial charge is 0.309 e. The van der Waals surface area contributed by atoms with Gasteiger partial charge in [0.15, 0.2) is 0 Å². The molecule has 0 aliphatic heterocycles. The second-order valence-electron chi connectivity index (χ2n) is 3.80. The fraction of sp³-hybridized carbons (Fsp3) is 1.00. The molecule has 0 unspecified atom stereocenters. The van der Waals surface area contributed by atoms with Crippen molar-refractivity contribution in [1.82, 2.24) is 9.80 Å². The maximum absolute atomic E-state index is 2.26. The Balaban J connectivity index is 3.58. The molecule has 0 fully saturated rings. The highest BCUT2D eigenvalue weighted by molar-refractivity contribution is 4.62. The molecule has 11 heavy (non-hydrogen) atoms. The Bertz CT molecular complexity index is 79.6. The van der Waals surface area contributed by atoms with Crippen molar-refractivity contribution < 1.29 is 0 Å². The first-order chi connectivity index (χ1) is 5.06. The molecular formula is C9H22N2. The molecule has 0 radical (unpaired) electrons. The second kappa shape index (κ2) is 5.56. The van der Waals surface area contributed by atoms with Crippen LogP contribution in [0.1, 0.15) is 13.3 Å². The molecule has 0 heterocycles. The van der Waals surface area contributed by atoms with E-state index in [9.17, 15) is 0 Å². The van der Waals surface area contributed by atoms with Gasteiger partial charge < -0.3 is 9.80 Å². The van der Waals surface area contributed by atoms with Crippen LogP contribution in [0.4, 0.5) is 0 Å². The van der Waals surface area contributed by atoms with Crippen molar-refractivity contribution in [3.63, 3.8) is 0 Å². The summed E-state index contributed by atoms with van der Waals surface area (Å²) in [5, 5.41) is 0. The molecule has 0 aliphatic carbocycles. The summed E-state index contributed by atoms with van der Waals surface area (Å²) in [6.07, 6.45) is 1.27. The lowest BCUT2D eigenvalue weighted by atomic mass is 10.1. The van der Waals surface area contributed by atoms with E-state index in [1.54, 1.807) is 0 Å². The fourth-order valence-corrected chi connectivity index (χ4v) is 1.35. The minimum atomic E-state index is 0.819. The number of nitrogens with zero attached hydrogens (tertiary/aromatic N) is 2. The van der Waals surface area contributed by atoms with Gasteiger partial charge in [-0.15, -0.1) is 0 Å². The van der Waals surface area contributed by atoms with E-state index in [2.05, 4.69) is 44.9 Å². The van der Waals surface area contributed by atoms with E-state index in [1.165, 1.54) is 19.5 Å². The van der Waals surface area contributed by atoms with Crippen molar-refractivity contribution in [3.8, 4) is 0 Å². The minimum Gasteiger partial charge on any atom is -0.309 e.